The standard InChI is InChI=1S/C24H33N3O5/c1-22(2)14-9-10-23(22,3)18(12-14)25-19(28)13-27-20(29)24(4,26-21(27)30)15-7-8-16(31-5)17(11-15)32-6/h7-8,11,14,18H,9-10,12-13H2,1-6H3,(H,25,28)(H,26,30). The number of imide groups is 1. The molecule has 0 radical (unpaired) electrons. The van der Waals surface area contributed by atoms with Crippen LogP contribution in [0.15, 0.2) is 18.2 Å². The molecule has 1 aliphatic heterocycles. The van der Waals surface area contributed by atoms with Gasteiger partial charge in [-0.05, 0) is 60.6 Å². The molecule has 1 heterocycles. The Labute approximate surface area is 189 Å². The number of methoxy groups -OCH3 is 2. The number of urea groups is 1. The van der Waals surface area contributed by atoms with Crippen molar-refractivity contribution in [3.63, 3.8) is 0 Å². The molecular weight excluding hydrogens is 410 g/mol. The van der Waals surface area contributed by atoms with E-state index in [1.165, 1.54) is 20.6 Å². The van der Waals surface area contributed by atoms with Gasteiger partial charge in [0.05, 0.1) is 14.2 Å². The number of carbonyl (C=O) groups is 3. The fraction of sp³-hybridized carbons (Fsp3) is 0.625. The van der Waals surface area contributed by atoms with Gasteiger partial charge in [0.1, 0.15) is 12.1 Å². The quantitative estimate of drug-likeness (QED) is 0.659. The van der Waals surface area contributed by atoms with Crippen LogP contribution in [0.4, 0.5) is 4.79 Å². The molecule has 8 heteroatoms. The summed E-state index contributed by atoms with van der Waals surface area (Å²) < 4.78 is 10.6. The van der Waals surface area contributed by atoms with Crippen LogP contribution in [0.1, 0.15) is 52.5 Å². The van der Waals surface area contributed by atoms with E-state index in [0.29, 0.717) is 23.0 Å². The van der Waals surface area contributed by atoms with Crippen LogP contribution < -0.4 is 20.1 Å². The SMILES string of the molecule is COc1ccc(C2(C)NC(=O)N(CC(=O)NC3CC4CCC3(C)C4(C)C)C2=O)cc1OC. The Balaban J connectivity index is 1.48. The van der Waals surface area contributed by atoms with Crippen LogP contribution >= 0.6 is 0 Å². The molecule has 4 rings (SSSR count). The van der Waals surface area contributed by atoms with E-state index in [9.17, 15) is 14.4 Å². The zero-order valence-electron chi connectivity index (χ0n) is 19.7. The van der Waals surface area contributed by atoms with Crippen molar-refractivity contribution in [1.29, 1.82) is 0 Å². The molecule has 0 aromatic heterocycles. The Morgan fingerprint density at radius 1 is 1.16 bits per heavy atom. The Bertz CT molecular complexity index is 976. The minimum absolute atomic E-state index is 0.0266. The first-order valence-corrected chi connectivity index (χ1v) is 11.1. The van der Waals surface area contributed by atoms with Gasteiger partial charge in [0.25, 0.3) is 5.91 Å². The predicted molar refractivity (Wildman–Crippen MR) is 118 cm³/mol. The first kappa shape index (κ1) is 22.4. The summed E-state index contributed by atoms with van der Waals surface area (Å²) in [6.07, 6.45) is 3.21. The van der Waals surface area contributed by atoms with Crippen LogP contribution in [0.25, 0.3) is 0 Å². The number of ether oxygens (including phenoxy) is 2. The van der Waals surface area contributed by atoms with E-state index in [2.05, 4.69) is 31.4 Å². The molecule has 32 heavy (non-hydrogen) atoms. The van der Waals surface area contributed by atoms with Gasteiger partial charge in [-0.25, -0.2) is 4.79 Å². The molecule has 1 aromatic carbocycles. The van der Waals surface area contributed by atoms with Gasteiger partial charge in [-0.2, -0.15) is 0 Å². The third-order valence-corrected chi connectivity index (χ3v) is 8.67. The van der Waals surface area contributed by atoms with Crippen molar-refractivity contribution in [3.8, 4) is 11.5 Å². The van der Waals surface area contributed by atoms with E-state index in [4.69, 9.17) is 9.47 Å². The molecule has 0 spiro atoms. The van der Waals surface area contributed by atoms with Crippen LogP contribution in [0.3, 0.4) is 0 Å². The molecule has 3 fully saturated rings. The number of carbonyl (C=O) groups excluding carboxylic acids is 3. The van der Waals surface area contributed by atoms with Crippen molar-refractivity contribution in [1.82, 2.24) is 15.5 Å². The number of amides is 4. The summed E-state index contributed by atoms with van der Waals surface area (Å²) >= 11 is 0. The van der Waals surface area contributed by atoms with E-state index in [1.54, 1.807) is 25.1 Å². The van der Waals surface area contributed by atoms with Crippen LogP contribution in [0.5, 0.6) is 11.5 Å². The molecule has 8 nitrogen and oxygen atoms in total. The number of rotatable bonds is 6. The number of nitrogens with one attached hydrogen (secondary N) is 2. The number of fused-ring (bicyclic) bond motifs is 2. The highest BCUT2D eigenvalue weighted by atomic mass is 16.5. The van der Waals surface area contributed by atoms with Gasteiger partial charge in [0.15, 0.2) is 11.5 Å². The molecule has 174 valence electrons. The molecule has 2 N–H and O–H groups in total. The van der Waals surface area contributed by atoms with Gasteiger partial charge < -0.3 is 20.1 Å². The number of hydrogen-bond acceptors (Lipinski definition) is 5. The maximum atomic E-state index is 13.2. The van der Waals surface area contributed by atoms with E-state index >= 15 is 0 Å². The van der Waals surface area contributed by atoms with E-state index in [0.717, 1.165) is 17.7 Å². The molecule has 3 aliphatic rings. The lowest BCUT2D eigenvalue weighted by molar-refractivity contribution is -0.135. The van der Waals surface area contributed by atoms with Crippen molar-refractivity contribution in [2.24, 2.45) is 16.7 Å². The van der Waals surface area contributed by atoms with Crippen LogP contribution in [-0.2, 0) is 15.1 Å². The second-order valence-electron chi connectivity index (χ2n) is 10.2. The van der Waals surface area contributed by atoms with E-state index in [-0.39, 0.29) is 29.3 Å². The monoisotopic (exact) mass is 443 g/mol. The minimum Gasteiger partial charge on any atom is -0.493 e. The topological polar surface area (TPSA) is 97.0 Å². The van der Waals surface area contributed by atoms with Gasteiger partial charge >= 0.3 is 6.03 Å². The lowest BCUT2D eigenvalue weighted by atomic mass is 9.69. The van der Waals surface area contributed by atoms with E-state index < -0.39 is 17.5 Å². The normalized spacial score (nSPS) is 32.8. The molecule has 4 unspecified atom stereocenters. The van der Waals surface area contributed by atoms with Crippen molar-refractivity contribution in [3.05, 3.63) is 23.8 Å². The molecule has 2 bridgehead atoms. The average Bonchev–Trinajstić information content (AvgIpc) is 3.19. The second kappa shape index (κ2) is 7.39. The highest BCUT2D eigenvalue weighted by molar-refractivity contribution is 6.09. The van der Waals surface area contributed by atoms with Gasteiger partial charge in [0.2, 0.25) is 5.91 Å². The Kier molecular flexibility index (Phi) is 5.18. The zero-order chi connectivity index (χ0) is 23.5. The van der Waals surface area contributed by atoms with Gasteiger partial charge in [-0.15, -0.1) is 0 Å². The molecule has 2 saturated carbocycles. The smallest absolute Gasteiger partial charge is 0.325 e. The maximum absolute atomic E-state index is 13.2. The number of hydrogen-bond donors (Lipinski definition) is 2. The predicted octanol–water partition coefficient (Wildman–Crippen LogP) is 2.80. The van der Waals surface area contributed by atoms with E-state index in [1.807, 2.05) is 0 Å². The second-order valence-corrected chi connectivity index (χ2v) is 10.2. The molecule has 4 amide bonds. The van der Waals surface area contributed by atoms with Crippen LogP contribution in [0, 0.1) is 16.7 Å². The fourth-order valence-electron chi connectivity index (χ4n) is 5.99. The molecule has 1 aromatic rings. The largest absolute Gasteiger partial charge is 0.493 e. The Morgan fingerprint density at radius 3 is 2.41 bits per heavy atom. The highest BCUT2D eigenvalue weighted by Gasteiger charge is 2.61. The lowest BCUT2D eigenvalue weighted by Crippen LogP contribution is -2.50. The summed E-state index contributed by atoms with van der Waals surface area (Å²) in [6.45, 7) is 8.13. The summed E-state index contributed by atoms with van der Waals surface area (Å²) in [4.78, 5) is 39.8. The van der Waals surface area contributed by atoms with Crippen molar-refractivity contribution >= 4 is 17.8 Å². The summed E-state index contributed by atoms with van der Waals surface area (Å²) in [5.41, 5.74) is -0.549. The lowest BCUT2D eigenvalue weighted by Gasteiger charge is -2.39. The maximum Gasteiger partial charge on any atom is 0.325 e. The van der Waals surface area contributed by atoms with Crippen molar-refractivity contribution in [2.45, 2.75) is 58.5 Å². The zero-order valence-corrected chi connectivity index (χ0v) is 19.7. The Hall–Kier alpha value is -2.77. The van der Waals surface area contributed by atoms with Crippen LogP contribution in [0.2, 0.25) is 0 Å². The molecular formula is C24H33N3O5. The highest BCUT2D eigenvalue weighted by Crippen LogP contribution is 2.65. The summed E-state index contributed by atoms with van der Waals surface area (Å²) in [6, 6.07) is 4.54. The summed E-state index contributed by atoms with van der Waals surface area (Å²) in [7, 11) is 3.03. The first-order valence-electron chi connectivity index (χ1n) is 11.1. The van der Waals surface area contributed by atoms with Crippen molar-refractivity contribution in [2.75, 3.05) is 20.8 Å². The van der Waals surface area contributed by atoms with Gasteiger partial charge in [0, 0.05) is 6.04 Å². The number of benzene rings is 1. The number of nitrogens with zero attached hydrogens (tertiary/aromatic N) is 1. The molecule has 1 saturated heterocycles. The summed E-state index contributed by atoms with van der Waals surface area (Å²) in [5.74, 6) is 0.790. The summed E-state index contributed by atoms with van der Waals surface area (Å²) in [5, 5.41) is 5.87. The van der Waals surface area contributed by atoms with Crippen molar-refractivity contribution < 1.29 is 23.9 Å². The average molecular weight is 444 g/mol. The first-order chi connectivity index (χ1) is 15.0. The Morgan fingerprint density at radius 2 is 1.84 bits per heavy atom. The van der Waals surface area contributed by atoms with Gasteiger partial charge in [-0.1, -0.05) is 26.8 Å². The fourth-order valence-corrected chi connectivity index (χ4v) is 5.99. The van der Waals surface area contributed by atoms with Crippen LogP contribution in [-0.4, -0.2) is 49.6 Å². The third kappa shape index (κ3) is 3.06. The molecule has 4 atom stereocenters. The third-order valence-electron chi connectivity index (χ3n) is 8.67. The molecule has 2 aliphatic carbocycles. The van der Waals surface area contributed by atoms with Gasteiger partial charge in [-0.3, -0.25) is 14.5 Å². The minimum atomic E-state index is -1.29.